The molecule has 0 saturated heterocycles. The quantitative estimate of drug-likeness (QED) is 0.139. The molecule has 0 aromatic rings. The lowest BCUT2D eigenvalue weighted by Crippen LogP contribution is -2.27. The lowest BCUT2D eigenvalue weighted by Gasteiger charge is -2.18. The summed E-state index contributed by atoms with van der Waals surface area (Å²) < 4.78 is 33.3. The zero-order valence-corrected chi connectivity index (χ0v) is 21.2. The molecule has 1 saturated carbocycles. The van der Waals surface area contributed by atoms with Gasteiger partial charge in [0.15, 0.2) is 0 Å². The van der Waals surface area contributed by atoms with Crippen molar-refractivity contribution in [2.75, 3.05) is 0 Å². The average Bonchev–Trinajstić information content (AvgIpc) is 3.02. The molecule has 196 valence electrons. The lowest BCUT2D eigenvalue weighted by atomic mass is 9.88. The zero-order chi connectivity index (χ0) is 25.6. The molecule has 1 fully saturated rings. The number of carbonyl (C=O) groups excluding carboxylic acids is 3. The van der Waals surface area contributed by atoms with E-state index in [2.05, 4.69) is 0 Å². The number of carbonyl (C=O) groups is 3. The van der Waals surface area contributed by atoms with Crippen molar-refractivity contribution in [3.8, 4) is 0 Å². The highest BCUT2D eigenvalue weighted by atomic mass is 19.3. The first kappa shape index (κ1) is 30.4. The Balaban J connectivity index is 2.38. The second kappa shape index (κ2) is 16.1. The second-order valence-corrected chi connectivity index (χ2v) is 9.86. The van der Waals surface area contributed by atoms with Gasteiger partial charge in [-0.2, -0.15) is 8.78 Å². The van der Waals surface area contributed by atoms with Crippen molar-refractivity contribution in [3.05, 3.63) is 12.2 Å². The van der Waals surface area contributed by atoms with Crippen LogP contribution < -0.4 is 0 Å². The molecule has 0 amide bonds. The van der Waals surface area contributed by atoms with Gasteiger partial charge in [-0.25, -0.2) is 0 Å². The summed E-state index contributed by atoms with van der Waals surface area (Å²) in [6.45, 7) is 5.65. The maximum Gasteiger partial charge on any atom is 0.309 e. The molecule has 0 aromatic heterocycles. The second-order valence-electron chi connectivity index (χ2n) is 9.86. The number of alkyl halides is 2. The Bertz CT molecular complexity index is 659. The Morgan fingerprint density at radius 1 is 1.06 bits per heavy atom. The highest BCUT2D eigenvalue weighted by molar-refractivity contribution is 5.95. The molecule has 3 atom stereocenters. The van der Waals surface area contributed by atoms with Crippen LogP contribution in [0.15, 0.2) is 12.2 Å². The molecule has 1 N–H and O–H groups in total. The third-order valence-electron chi connectivity index (χ3n) is 6.42. The van der Waals surface area contributed by atoms with Crippen LogP contribution in [0.4, 0.5) is 8.78 Å². The topological polar surface area (TPSA) is 80.7 Å². The molecule has 5 nitrogen and oxygen atoms in total. The molecule has 0 heterocycles. The van der Waals surface area contributed by atoms with Gasteiger partial charge in [0.2, 0.25) is 5.78 Å². The number of rotatable bonds is 18. The molecular formula is C27H44F2O5. The number of aliphatic hydroxyl groups is 1. The molecule has 7 heteroatoms. The van der Waals surface area contributed by atoms with Crippen molar-refractivity contribution < 1.29 is 33.0 Å². The summed E-state index contributed by atoms with van der Waals surface area (Å²) in [7, 11) is 0. The van der Waals surface area contributed by atoms with Crippen LogP contribution in [-0.2, 0) is 19.1 Å². The average molecular weight is 487 g/mol. The van der Waals surface area contributed by atoms with Crippen molar-refractivity contribution in [2.45, 2.75) is 129 Å². The molecular weight excluding hydrogens is 442 g/mol. The molecule has 1 aliphatic rings. The van der Waals surface area contributed by atoms with E-state index in [1.807, 2.05) is 20.8 Å². The number of halogens is 2. The summed E-state index contributed by atoms with van der Waals surface area (Å²) >= 11 is 0. The van der Waals surface area contributed by atoms with Gasteiger partial charge in [-0.05, 0) is 39.2 Å². The monoisotopic (exact) mass is 486 g/mol. The van der Waals surface area contributed by atoms with E-state index in [1.54, 1.807) is 0 Å². The van der Waals surface area contributed by atoms with Gasteiger partial charge in [0, 0.05) is 31.1 Å². The third kappa shape index (κ3) is 11.7. The normalized spacial score (nSPS) is 21.0. The Morgan fingerprint density at radius 2 is 1.68 bits per heavy atom. The summed E-state index contributed by atoms with van der Waals surface area (Å²) in [5, 5.41) is 10.2. The number of aliphatic hydroxyl groups excluding tert-OH is 1. The maximum absolute atomic E-state index is 14.1. The zero-order valence-electron chi connectivity index (χ0n) is 21.2. The van der Waals surface area contributed by atoms with Crippen LogP contribution in [0.1, 0.15) is 111 Å². The Morgan fingerprint density at radius 3 is 2.32 bits per heavy atom. The highest BCUT2D eigenvalue weighted by Crippen LogP contribution is 2.35. The van der Waals surface area contributed by atoms with Crippen molar-refractivity contribution >= 4 is 17.5 Å². The number of ether oxygens (including phenoxy) is 1. The SMILES string of the molecule is CCCCCCC(F)(F)C(=O)/C=C/[C@H]1C(O)CC(=O)C1CCCCCCCCC(=O)OC(C)C. The number of hydrogen-bond donors (Lipinski definition) is 1. The van der Waals surface area contributed by atoms with Crippen molar-refractivity contribution in [3.63, 3.8) is 0 Å². The number of Topliss-reactive ketones (excluding diaryl/α,β-unsaturated/α-hetero) is 1. The van der Waals surface area contributed by atoms with Gasteiger partial charge in [-0.1, -0.05) is 64.4 Å². The summed E-state index contributed by atoms with van der Waals surface area (Å²) in [6.07, 6.45) is 9.93. The minimum Gasteiger partial charge on any atom is -0.463 e. The van der Waals surface area contributed by atoms with Gasteiger partial charge in [-0.3, -0.25) is 14.4 Å². The molecule has 1 aliphatic carbocycles. The van der Waals surface area contributed by atoms with Crippen LogP contribution in [0.5, 0.6) is 0 Å². The van der Waals surface area contributed by atoms with Crippen molar-refractivity contribution in [2.24, 2.45) is 11.8 Å². The first-order valence-corrected chi connectivity index (χ1v) is 13.1. The molecule has 1 rings (SSSR count). The van der Waals surface area contributed by atoms with E-state index < -0.39 is 36.1 Å². The number of allylic oxidation sites excluding steroid dienone is 1. The van der Waals surface area contributed by atoms with Crippen molar-refractivity contribution in [1.82, 2.24) is 0 Å². The summed E-state index contributed by atoms with van der Waals surface area (Å²) in [5.74, 6) is -5.89. The van der Waals surface area contributed by atoms with Crippen LogP contribution in [0.25, 0.3) is 0 Å². The summed E-state index contributed by atoms with van der Waals surface area (Å²) in [5.41, 5.74) is 0. The summed E-state index contributed by atoms with van der Waals surface area (Å²) in [4.78, 5) is 35.8. The predicted octanol–water partition coefficient (Wildman–Crippen LogP) is 6.36. The van der Waals surface area contributed by atoms with E-state index in [-0.39, 0.29) is 24.3 Å². The highest BCUT2D eigenvalue weighted by Gasteiger charge is 2.41. The molecule has 0 spiro atoms. The van der Waals surface area contributed by atoms with E-state index in [0.29, 0.717) is 25.7 Å². The van der Waals surface area contributed by atoms with Crippen LogP contribution in [0, 0.1) is 11.8 Å². The first-order valence-electron chi connectivity index (χ1n) is 13.1. The fourth-order valence-electron chi connectivity index (χ4n) is 4.47. The number of ketones is 2. The Labute approximate surface area is 203 Å². The van der Waals surface area contributed by atoms with Crippen LogP contribution in [-0.4, -0.2) is 40.8 Å². The molecule has 0 bridgehead atoms. The molecule has 2 unspecified atom stereocenters. The van der Waals surface area contributed by atoms with Gasteiger partial charge < -0.3 is 9.84 Å². The predicted molar refractivity (Wildman–Crippen MR) is 129 cm³/mol. The van der Waals surface area contributed by atoms with Gasteiger partial charge in [0.25, 0.3) is 0 Å². The maximum atomic E-state index is 14.1. The van der Waals surface area contributed by atoms with Gasteiger partial charge in [0.05, 0.1) is 12.2 Å². The fourth-order valence-corrected chi connectivity index (χ4v) is 4.47. The van der Waals surface area contributed by atoms with Crippen molar-refractivity contribution in [1.29, 1.82) is 0 Å². The molecule has 0 radical (unpaired) electrons. The van der Waals surface area contributed by atoms with E-state index >= 15 is 0 Å². The largest absolute Gasteiger partial charge is 0.463 e. The first-order chi connectivity index (χ1) is 16.1. The smallest absolute Gasteiger partial charge is 0.309 e. The number of unbranched alkanes of at least 4 members (excludes halogenated alkanes) is 8. The molecule has 0 aliphatic heterocycles. The standard InChI is InChI=1S/C27H44F2O5/c1-4-5-6-13-18-27(28,29)25(32)17-16-22-21(23(30)19-24(22)31)14-11-9-7-8-10-12-15-26(33)34-20(2)3/h16-17,20-22,24,31H,4-15,18-19H2,1-3H3/b17-16+/t21?,22-,24?/m1/s1. The van der Waals surface area contributed by atoms with Crippen LogP contribution >= 0.6 is 0 Å². The summed E-state index contributed by atoms with van der Waals surface area (Å²) in [6, 6.07) is 0. The minimum atomic E-state index is -3.40. The fraction of sp³-hybridized carbons (Fsp3) is 0.815. The number of hydrogen-bond acceptors (Lipinski definition) is 5. The third-order valence-corrected chi connectivity index (χ3v) is 6.42. The molecule has 34 heavy (non-hydrogen) atoms. The molecule has 0 aromatic carbocycles. The van der Waals surface area contributed by atoms with E-state index in [1.165, 1.54) is 6.08 Å². The van der Waals surface area contributed by atoms with Gasteiger partial charge in [-0.15, -0.1) is 0 Å². The lowest BCUT2D eigenvalue weighted by molar-refractivity contribution is -0.147. The van der Waals surface area contributed by atoms with E-state index in [0.717, 1.165) is 57.4 Å². The minimum absolute atomic E-state index is 0.00769. The van der Waals surface area contributed by atoms with Crippen LogP contribution in [0.3, 0.4) is 0 Å². The number of esters is 1. The van der Waals surface area contributed by atoms with Gasteiger partial charge in [0.1, 0.15) is 5.78 Å². The Hall–Kier alpha value is -1.63. The van der Waals surface area contributed by atoms with E-state index in [4.69, 9.17) is 4.74 Å². The Kier molecular flexibility index (Phi) is 14.4. The van der Waals surface area contributed by atoms with E-state index in [9.17, 15) is 28.3 Å². The van der Waals surface area contributed by atoms with Gasteiger partial charge >= 0.3 is 11.9 Å². The van der Waals surface area contributed by atoms with Crippen LogP contribution in [0.2, 0.25) is 0 Å².